The molecule has 1 amide bonds. The van der Waals surface area contributed by atoms with Crippen molar-refractivity contribution in [2.75, 3.05) is 40.0 Å². The van der Waals surface area contributed by atoms with Gasteiger partial charge >= 0.3 is 0 Å². The van der Waals surface area contributed by atoms with Gasteiger partial charge in [0.15, 0.2) is 6.61 Å². The molecule has 6 heteroatoms. The van der Waals surface area contributed by atoms with E-state index in [9.17, 15) is 4.79 Å². The maximum atomic E-state index is 12.0. The average molecular weight is 280 g/mol. The lowest BCUT2D eigenvalue weighted by atomic mass is 10.2. The quantitative estimate of drug-likeness (QED) is 0.844. The summed E-state index contributed by atoms with van der Waals surface area (Å²) in [5.41, 5.74) is 6.49. The van der Waals surface area contributed by atoms with Crippen LogP contribution in [0, 0.1) is 0 Å². The van der Waals surface area contributed by atoms with Gasteiger partial charge in [-0.1, -0.05) is 0 Å². The number of carbonyl (C=O) groups excluding carboxylic acids is 1. The molecule has 0 radical (unpaired) electrons. The molecule has 0 aliphatic carbocycles. The van der Waals surface area contributed by atoms with Gasteiger partial charge in [-0.3, -0.25) is 4.79 Å². The SMILES string of the molecule is COc1ccc(OCC(=O)N2CCOCC2)c(CN)c1. The van der Waals surface area contributed by atoms with Crippen LogP contribution in [-0.2, 0) is 16.1 Å². The molecule has 0 bridgehead atoms. The van der Waals surface area contributed by atoms with Crippen LogP contribution in [0.3, 0.4) is 0 Å². The second-order valence-corrected chi connectivity index (χ2v) is 4.46. The molecular formula is C14H20N2O4. The van der Waals surface area contributed by atoms with Gasteiger partial charge in [-0.05, 0) is 18.2 Å². The summed E-state index contributed by atoms with van der Waals surface area (Å²) >= 11 is 0. The molecule has 1 aliphatic rings. The molecule has 0 saturated carbocycles. The van der Waals surface area contributed by atoms with E-state index in [0.29, 0.717) is 38.6 Å². The van der Waals surface area contributed by atoms with Crippen LogP contribution in [0.4, 0.5) is 0 Å². The monoisotopic (exact) mass is 280 g/mol. The largest absolute Gasteiger partial charge is 0.497 e. The average Bonchev–Trinajstić information content (AvgIpc) is 2.53. The first-order chi connectivity index (χ1) is 9.74. The van der Waals surface area contributed by atoms with E-state index in [-0.39, 0.29) is 12.5 Å². The van der Waals surface area contributed by atoms with Crippen molar-refractivity contribution in [1.29, 1.82) is 0 Å². The van der Waals surface area contributed by atoms with Crippen LogP contribution in [0.5, 0.6) is 11.5 Å². The summed E-state index contributed by atoms with van der Waals surface area (Å²) in [5.74, 6) is 1.30. The van der Waals surface area contributed by atoms with Crippen LogP contribution >= 0.6 is 0 Å². The molecule has 1 heterocycles. The molecule has 110 valence electrons. The van der Waals surface area contributed by atoms with Crippen molar-refractivity contribution in [3.8, 4) is 11.5 Å². The van der Waals surface area contributed by atoms with Gasteiger partial charge in [-0.15, -0.1) is 0 Å². The zero-order valence-corrected chi connectivity index (χ0v) is 11.6. The van der Waals surface area contributed by atoms with Crippen molar-refractivity contribution in [3.63, 3.8) is 0 Å². The number of hydrogen-bond acceptors (Lipinski definition) is 5. The fourth-order valence-corrected chi connectivity index (χ4v) is 2.03. The van der Waals surface area contributed by atoms with Crippen LogP contribution in [0.2, 0.25) is 0 Å². The Labute approximate surface area is 118 Å². The molecule has 1 aromatic rings. The van der Waals surface area contributed by atoms with Gasteiger partial charge in [-0.25, -0.2) is 0 Å². The minimum Gasteiger partial charge on any atom is -0.497 e. The zero-order chi connectivity index (χ0) is 14.4. The van der Waals surface area contributed by atoms with Crippen molar-refractivity contribution in [1.82, 2.24) is 4.90 Å². The van der Waals surface area contributed by atoms with Crippen molar-refractivity contribution in [2.24, 2.45) is 5.73 Å². The normalized spacial score (nSPS) is 15.0. The van der Waals surface area contributed by atoms with Gasteiger partial charge < -0.3 is 24.8 Å². The Morgan fingerprint density at radius 2 is 2.15 bits per heavy atom. The molecule has 0 unspecified atom stereocenters. The second kappa shape index (κ2) is 7.12. The second-order valence-electron chi connectivity index (χ2n) is 4.46. The Morgan fingerprint density at radius 1 is 1.40 bits per heavy atom. The third-order valence-electron chi connectivity index (χ3n) is 3.20. The first-order valence-electron chi connectivity index (χ1n) is 6.60. The van der Waals surface area contributed by atoms with E-state index in [0.717, 1.165) is 11.3 Å². The van der Waals surface area contributed by atoms with E-state index in [4.69, 9.17) is 19.9 Å². The Morgan fingerprint density at radius 3 is 2.80 bits per heavy atom. The number of benzene rings is 1. The van der Waals surface area contributed by atoms with Crippen molar-refractivity contribution < 1.29 is 19.0 Å². The number of nitrogens with two attached hydrogens (primary N) is 1. The van der Waals surface area contributed by atoms with Gasteiger partial charge in [0.25, 0.3) is 5.91 Å². The van der Waals surface area contributed by atoms with E-state index in [1.165, 1.54) is 0 Å². The first kappa shape index (κ1) is 14.6. The van der Waals surface area contributed by atoms with Gasteiger partial charge in [0, 0.05) is 25.2 Å². The van der Waals surface area contributed by atoms with Gasteiger partial charge in [-0.2, -0.15) is 0 Å². The highest BCUT2D eigenvalue weighted by atomic mass is 16.5. The summed E-state index contributed by atoms with van der Waals surface area (Å²) in [7, 11) is 1.60. The maximum absolute atomic E-state index is 12.0. The lowest BCUT2D eigenvalue weighted by molar-refractivity contribution is -0.137. The molecule has 0 aromatic heterocycles. The fraction of sp³-hybridized carbons (Fsp3) is 0.500. The van der Waals surface area contributed by atoms with Gasteiger partial charge in [0.2, 0.25) is 0 Å². The van der Waals surface area contributed by atoms with Gasteiger partial charge in [0.1, 0.15) is 11.5 Å². The number of methoxy groups -OCH3 is 1. The standard InChI is InChI=1S/C14H20N2O4/c1-18-12-2-3-13(11(8-12)9-15)20-10-14(17)16-4-6-19-7-5-16/h2-3,8H,4-7,9-10,15H2,1H3. The fourth-order valence-electron chi connectivity index (χ4n) is 2.03. The molecule has 0 spiro atoms. The molecule has 20 heavy (non-hydrogen) atoms. The summed E-state index contributed by atoms with van der Waals surface area (Å²) in [6, 6.07) is 5.37. The summed E-state index contributed by atoms with van der Waals surface area (Å²) in [4.78, 5) is 13.7. The van der Waals surface area contributed by atoms with E-state index in [1.807, 2.05) is 6.07 Å². The highest BCUT2D eigenvalue weighted by molar-refractivity contribution is 5.77. The van der Waals surface area contributed by atoms with E-state index in [1.54, 1.807) is 24.1 Å². The van der Waals surface area contributed by atoms with Crippen LogP contribution < -0.4 is 15.2 Å². The van der Waals surface area contributed by atoms with Crippen molar-refractivity contribution in [2.45, 2.75) is 6.54 Å². The zero-order valence-electron chi connectivity index (χ0n) is 11.6. The minimum absolute atomic E-state index is 0.0132. The molecule has 1 saturated heterocycles. The van der Waals surface area contributed by atoms with Crippen molar-refractivity contribution in [3.05, 3.63) is 23.8 Å². The number of amides is 1. The molecule has 2 N–H and O–H groups in total. The Kier molecular flexibility index (Phi) is 5.20. The summed E-state index contributed by atoms with van der Waals surface area (Å²) in [6.45, 7) is 2.76. The van der Waals surface area contributed by atoms with Crippen LogP contribution in [0.25, 0.3) is 0 Å². The third-order valence-corrected chi connectivity index (χ3v) is 3.20. The van der Waals surface area contributed by atoms with Gasteiger partial charge in [0.05, 0.1) is 20.3 Å². The third kappa shape index (κ3) is 3.61. The van der Waals surface area contributed by atoms with E-state index < -0.39 is 0 Å². The number of carbonyl (C=O) groups is 1. The Hall–Kier alpha value is -1.79. The molecule has 0 atom stereocenters. The summed E-state index contributed by atoms with van der Waals surface area (Å²) < 4.78 is 15.9. The van der Waals surface area contributed by atoms with Crippen LogP contribution in [0.1, 0.15) is 5.56 Å². The number of hydrogen-bond donors (Lipinski definition) is 1. The van der Waals surface area contributed by atoms with E-state index >= 15 is 0 Å². The number of morpholine rings is 1. The minimum atomic E-state index is -0.0351. The van der Waals surface area contributed by atoms with E-state index in [2.05, 4.69) is 0 Å². The topological polar surface area (TPSA) is 74.0 Å². The lowest BCUT2D eigenvalue weighted by Gasteiger charge is -2.26. The maximum Gasteiger partial charge on any atom is 0.260 e. The molecule has 1 aromatic carbocycles. The highest BCUT2D eigenvalue weighted by Crippen LogP contribution is 2.23. The first-order valence-corrected chi connectivity index (χ1v) is 6.60. The number of rotatable bonds is 5. The van der Waals surface area contributed by atoms with Crippen molar-refractivity contribution >= 4 is 5.91 Å². The Bertz CT molecular complexity index is 458. The number of ether oxygens (including phenoxy) is 3. The predicted molar refractivity (Wildman–Crippen MR) is 73.8 cm³/mol. The van der Waals surface area contributed by atoms with Crippen LogP contribution in [0.15, 0.2) is 18.2 Å². The molecule has 1 fully saturated rings. The molecular weight excluding hydrogens is 260 g/mol. The lowest BCUT2D eigenvalue weighted by Crippen LogP contribution is -2.43. The molecule has 1 aliphatic heterocycles. The smallest absolute Gasteiger partial charge is 0.260 e. The summed E-state index contributed by atoms with van der Waals surface area (Å²) in [6.07, 6.45) is 0. The highest BCUT2D eigenvalue weighted by Gasteiger charge is 2.17. The van der Waals surface area contributed by atoms with Crippen LogP contribution in [-0.4, -0.2) is 50.8 Å². The summed E-state index contributed by atoms with van der Waals surface area (Å²) in [5, 5.41) is 0. The number of nitrogens with zero attached hydrogens (tertiary/aromatic N) is 1. The molecule has 2 rings (SSSR count). The Balaban J connectivity index is 1.94. The molecule has 6 nitrogen and oxygen atoms in total. The predicted octanol–water partition coefficient (Wildman–Crippen LogP) is 0.392.